The van der Waals surface area contributed by atoms with Gasteiger partial charge in [-0.05, 0) is 106 Å². The van der Waals surface area contributed by atoms with E-state index in [0.717, 1.165) is 32.9 Å². The SMILES string of the molecule is c1ccc2c(c1)ccc1ccc(-c3cc(-c4ccc5ccc6cccc7ccc4c5c67)cc4oc5c6ccccc6ccc5c34)cc12. The molecule has 0 radical (unpaired) electrons. The number of furan rings is 1. The second-order valence-corrected chi connectivity index (χ2v) is 12.9. The maximum atomic E-state index is 6.87. The van der Waals surface area contributed by atoms with Crippen molar-refractivity contribution in [2.45, 2.75) is 0 Å². The van der Waals surface area contributed by atoms with Gasteiger partial charge in [0.1, 0.15) is 11.2 Å². The normalized spacial score (nSPS) is 12.3. The lowest BCUT2D eigenvalue weighted by atomic mass is 9.88. The Balaban J connectivity index is 1.27. The molecule has 0 unspecified atom stereocenters. The van der Waals surface area contributed by atoms with E-state index in [1.807, 2.05) is 0 Å². The molecule has 0 aliphatic rings. The highest BCUT2D eigenvalue weighted by Gasteiger charge is 2.19. The Hall–Kier alpha value is -6.18. The van der Waals surface area contributed by atoms with Crippen LogP contribution in [0.15, 0.2) is 162 Å². The third-order valence-electron chi connectivity index (χ3n) is 10.4. The molecule has 47 heavy (non-hydrogen) atoms. The fraction of sp³-hybridized carbons (Fsp3) is 0. The largest absolute Gasteiger partial charge is 0.455 e. The van der Waals surface area contributed by atoms with Crippen molar-refractivity contribution in [1.82, 2.24) is 0 Å². The lowest BCUT2D eigenvalue weighted by Gasteiger charge is -2.15. The summed E-state index contributed by atoms with van der Waals surface area (Å²) in [5.41, 5.74) is 6.61. The predicted molar refractivity (Wildman–Crippen MR) is 201 cm³/mol. The second kappa shape index (κ2) is 9.19. The molecule has 216 valence electrons. The van der Waals surface area contributed by atoms with Crippen molar-refractivity contribution in [2.24, 2.45) is 0 Å². The van der Waals surface area contributed by atoms with Gasteiger partial charge in [0, 0.05) is 16.2 Å². The summed E-state index contributed by atoms with van der Waals surface area (Å²) in [6, 6.07) is 57.9. The minimum absolute atomic E-state index is 0.910. The molecule has 0 amide bonds. The second-order valence-electron chi connectivity index (χ2n) is 12.9. The molecule has 0 spiro atoms. The monoisotopic (exact) mass is 594 g/mol. The van der Waals surface area contributed by atoms with Gasteiger partial charge in [-0.2, -0.15) is 0 Å². The lowest BCUT2D eigenvalue weighted by molar-refractivity contribution is 0.673. The van der Waals surface area contributed by atoms with E-state index >= 15 is 0 Å². The Bertz CT molecular complexity index is 3050. The minimum Gasteiger partial charge on any atom is -0.455 e. The van der Waals surface area contributed by atoms with Crippen LogP contribution in [0.5, 0.6) is 0 Å². The maximum absolute atomic E-state index is 6.87. The van der Waals surface area contributed by atoms with E-state index in [0.29, 0.717) is 0 Å². The van der Waals surface area contributed by atoms with Gasteiger partial charge in [-0.15, -0.1) is 0 Å². The number of rotatable bonds is 2. The first-order valence-corrected chi connectivity index (χ1v) is 16.3. The summed E-state index contributed by atoms with van der Waals surface area (Å²) >= 11 is 0. The van der Waals surface area contributed by atoms with Crippen LogP contribution < -0.4 is 0 Å². The molecular formula is C46H26O. The summed E-state index contributed by atoms with van der Waals surface area (Å²) in [4.78, 5) is 0. The summed E-state index contributed by atoms with van der Waals surface area (Å²) in [6.45, 7) is 0. The van der Waals surface area contributed by atoms with Crippen molar-refractivity contribution >= 4 is 86.6 Å². The van der Waals surface area contributed by atoms with E-state index in [9.17, 15) is 0 Å². The highest BCUT2D eigenvalue weighted by molar-refractivity contribution is 6.26. The molecule has 1 heterocycles. The standard InChI is InChI=1S/C46H26O/c1-3-10-35-27(6-1)12-13-29-14-17-33(24-40(29)35)41-25-34(26-42-45(41)39-23-18-28-7-2-4-11-37(28)46(39)47-42)36-21-19-32-16-15-30-8-5-9-31-20-22-38(36)44(32)43(30)31/h1-26H. The molecule has 1 nitrogen and oxygen atoms in total. The summed E-state index contributed by atoms with van der Waals surface area (Å²) in [7, 11) is 0. The average Bonchev–Trinajstić information content (AvgIpc) is 3.52. The van der Waals surface area contributed by atoms with Crippen molar-refractivity contribution in [3.63, 3.8) is 0 Å². The number of hydrogen-bond donors (Lipinski definition) is 0. The van der Waals surface area contributed by atoms with E-state index in [4.69, 9.17) is 4.42 Å². The molecule has 0 saturated heterocycles. The Morgan fingerprint density at radius 2 is 0.894 bits per heavy atom. The Labute approximate surface area is 270 Å². The lowest BCUT2D eigenvalue weighted by Crippen LogP contribution is -1.89. The highest BCUT2D eigenvalue weighted by Crippen LogP contribution is 2.45. The van der Waals surface area contributed by atoms with Gasteiger partial charge >= 0.3 is 0 Å². The molecule has 0 fully saturated rings. The Morgan fingerprint density at radius 3 is 1.74 bits per heavy atom. The summed E-state index contributed by atoms with van der Waals surface area (Å²) in [5, 5.41) is 17.4. The van der Waals surface area contributed by atoms with E-state index in [1.165, 1.54) is 75.9 Å². The predicted octanol–water partition coefficient (Wildman–Crippen LogP) is 13.3. The molecule has 0 saturated carbocycles. The minimum atomic E-state index is 0.910. The molecule has 0 atom stereocenters. The Morgan fingerprint density at radius 1 is 0.298 bits per heavy atom. The summed E-state index contributed by atoms with van der Waals surface area (Å²) in [6.07, 6.45) is 0. The van der Waals surface area contributed by atoms with Gasteiger partial charge < -0.3 is 4.42 Å². The molecule has 1 aromatic heterocycles. The molecule has 0 aliphatic carbocycles. The molecule has 11 rings (SSSR count). The van der Waals surface area contributed by atoms with Gasteiger partial charge in [0.05, 0.1) is 0 Å². The first kappa shape index (κ1) is 25.1. The van der Waals surface area contributed by atoms with Crippen LogP contribution in [0, 0.1) is 0 Å². The number of fused-ring (bicyclic) bond motifs is 8. The average molecular weight is 595 g/mol. The van der Waals surface area contributed by atoms with Crippen LogP contribution in [0.4, 0.5) is 0 Å². The zero-order valence-electron chi connectivity index (χ0n) is 25.4. The van der Waals surface area contributed by atoms with Gasteiger partial charge in [-0.3, -0.25) is 0 Å². The zero-order valence-corrected chi connectivity index (χ0v) is 25.4. The van der Waals surface area contributed by atoms with Crippen molar-refractivity contribution in [3.05, 3.63) is 158 Å². The van der Waals surface area contributed by atoms with Gasteiger partial charge in [0.15, 0.2) is 0 Å². The number of benzene rings is 10. The van der Waals surface area contributed by atoms with Crippen molar-refractivity contribution in [2.75, 3.05) is 0 Å². The van der Waals surface area contributed by atoms with Crippen LogP contribution in [0.1, 0.15) is 0 Å². The van der Waals surface area contributed by atoms with E-state index in [-0.39, 0.29) is 0 Å². The van der Waals surface area contributed by atoms with E-state index in [1.54, 1.807) is 0 Å². The van der Waals surface area contributed by atoms with Crippen LogP contribution in [0.25, 0.3) is 109 Å². The van der Waals surface area contributed by atoms with Crippen LogP contribution in [0.2, 0.25) is 0 Å². The topological polar surface area (TPSA) is 13.1 Å². The van der Waals surface area contributed by atoms with Crippen LogP contribution in [-0.2, 0) is 0 Å². The molecule has 11 aromatic rings. The van der Waals surface area contributed by atoms with Crippen molar-refractivity contribution < 1.29 is 4.42 Å². The van der Waals surface area contributed by atoms with Crippen LogP contribution >= 0.6 is 0 Å². The zero-order chi connectivity index (χ0) is 30.6. The van der Waals surface area contributed by atoms with Crippen LogP contribution in [-0.4, -0.2) is 0 Å². The van der Waals surface area contributed by atoms with Gasteiger partial charge in [-0.25, -0.2) is 0 Å². The quantitative estimate of drug-likeness (QED) is 0.182. The third kappa shape index (κ3) is 3.49. The van der Waals surface area contributed by atoms with Crippen molar-refractivity contribution in [1.29, 1.82) is 0 Å². The molecular weight excluding hydrogens is 569 g/mol. The molecule has 0 aliphatic heterocycles. The van der Waals surface area contributed by atoms with Crippen molar-refractivity contribution in [3.8, 4) is 22.3 Å². The Kier molecular flexibility index (Phi) is 4.90. The fourth-order valence-corrected chi connectivity index (χ4v) is 8.17. The van der Waals surface area contributed by atoms with Gasteiger partial charge in [0.2, 0.25) is 0 Å². The molecule has 10 aromatic carbocycles. The molecule has 0 N–H and O–H groups in total. The maximum Gasteiger partial charge on any atom is 0.143 e. The molecule has 0 bridgehead atoms. The van der Waals surface area contributed by atoms with Gasteiger partial charge in [-0.1, -0.05) is 133 Å². The summed E-state index contributed by atoms with van der Waals surface area (Å²) < 4.78 is 6.87. The van der Waals surface area contributed by atoms with Crippen LogP contribution in [0.3, 0.4) is 0 Å². The van der Waals surface area contributed by atoms with E-state index < -0.39 is 0 Å². The number of hydrogen-bond acceptors (Lipinski definition) is 1. The fourth-order valence-electron chi connectivity index (χ4n) is 8.17. The first-order chi connectivity index (χ1) is 23.3. The summed E-state index contributed by atoms with van der Waals surface area (Å²) in [5.74, 6) is 0. The molecule has 1 heteroatoms. The smallest absolute Gasteiger partial charge is 0.143 e. The van der Waals surface area contributed by atoms with Gasteiger partial charge in [0.25, 0.3) is 0 Å². The highest BCUT2D eigenvalue weighted by atomic mass is 16.3. The third-order valence-corrected chi connectivity index (χ3v) is 10.4. The van der Waals surface area contributed by atoms with E-state index in [2.05, 4.69) is 158 Å². The first-order valence-electron chi connectivity index (χ1n) is 16.3.